The van der Waals surface area contributed by atoms with Crippen molar-refractivity contribution in [1.29, 1.82) is 0 Å². The molecule has 1 unspecified atom stereocenters. The molecule has 8 heteroatoms. The quantitative estimate of drug-likeness (QED) is 0.566. The maximum Gasteiger partial charge on any atom is 0.241 e. The molecule has 0 bridgehead atoms. The van der Waals surface area contributed by atoms with E-state index in [0.29, 0.717) is 11.4 Å². The maximum absolute atomic E-state index is 13.1. The van der Waals surface area contributed by atoms with Crippen LogP contribution in [0.15, 0.2) is 23.1 Å². The summed E-state index contributed by atoms with van der Waals surface area (Å²) in [4.78, 5) is 6.10. The second kappa shape index (κ2) is 9.98. The Labute approximate surface area is 190 Å². The van der Waals surface area contributed by atoms with Crippen LogP contribution in [0.25, 0.3) is 10.4 Å². The highest BCUT2D eigenvalue weighted by Crippen LogP contribution is 2.35. The lowest BCUT2D eigenvalue weighted by atomic mass is 9.89. The van der Waals surface area contributed by atoms with Crippen LogP contribution in [-0.4, -0.2) is 39.1 Å². The fourth-order valence-electron chi connectivity index (χ4n) is 4.63. The third-order valence-corrected chi connectivity index (χ3v) is 9.25. The van der Waals surface area contributed by atoms with Gasteiger partial charge in [0.1, 0.15) is 0 Å². The summed E-state index contributed by atoms with van der Waals surface area (Å²) < 4.78 is 29.1. The van der Waals surface area contributed by atoms with E-state index >= 15 is 0 Å². The summed E-state index contributed by atoms with van der Waals surface area (Å²) >= 11 is 1.61. The standard InChI is InChI=1S/C23H34N4O2S2/c1-16-10-11-19(13-21(16)31(28,29)27-20-9-6-12-24-15-20)22-17(2)26-23(30-22)25-14-18-7-4-3-5-8-18/h10-11,13,18,20,24,27H,3-9,12,14-15H2,1-2H3,(H,25,26). The second-order valence-corrected chi connectivity index (χ2v) is 11.6. The minimum Gasteiger partial charge on any atom is -0.361 e. The molecule has 4 rings (SSSR count). The molecule has 2 aliphatic rings. The van der Waals surface area contributed by atoms with Crippen LogP contribution in [-0.2, 0) is 10.0 Å². The van der Waals surface area contributed by atoms with Gasteiger partial charge in [-0.3, -0.25) is 0 Å². The third-order valence-electron chi connectivity index (χ3n) is 6.42. The van der Waals surface area contributed by atoms with Crippen LogP contribution in [0.2, 0.25) is 0 Å². The van der Waals surface area contributed by atoms with Crippen molar-refractivity contribution in [1.82, 2.24) is 15.0 Å². The van der Waals surface area contributed by atoms with E-state index in [4.69, 9.17) is 4.98 Å². The summed E-state index contributed by atoms with van der Waals surface area (Å²) in [6, 6.07) is 5.65. The van der Waals surface area contributed by atoms with Crippen molar-refractivity contribution < 1.29 is 8.42 Å². The Morgan fingerprint density at radius 1 is 1.13 bits per heavy atom. The Morgan fingerprint density at radius 2 is 1.94 bits per heavy atom. The lowest BCUT2D eigenvalue weighted by molar-refractivity contribution is 0.373. The minimum atomic E-state index is -3.57. The molecule has 170 valence electrons. The smallest absolute Gasteiger partial charge is 0.241 e. The normalized spacial score (nSPS) is 20.6. The molecule has 0 radical (unpaired) electrons. The number of benzene rings is 1. The minimum absolute atomic E-state index is 0.0532. The number of hydrogen-bond donors (Lipinski definition) is 3. The zero-order valence-electron chi connectivity index (χ0n) is 18.5. The molecule has 1 aromatic heterocycles. The van der Waals surface area contributed by atoms with Crippen LogP contribution in [0.3, 0.4) is 0 Å². The first-order chi connectivity index (χ1) is 14.9. The Hall–Kier alpha value is -1.48. The number of anilines is 1. The van der Waals surface area contributed by atoms with Crippen molar-refractivity contribution in [2.45, 2.75) is 69.7 Å². The van der Waals surface area contributed by atoms with Crippen molar-refractivity contribution in [2.24, 2.45) is 5.92 Å². The van der Waals surface area contributed by atoms with Crippen molar-refractivity contribution in [3.8, 4) is 10.4 Å². The zero-order valence-corrected chi connectivity index (χ0v) is 20.2. The molecule has 6 nitrogen and oxygen atoms in total. The van der Waals surface area contributed by atoms with E-state index in [1.165, 1.54) is 32.1 Å². The van der Waals surface area contributed by atoms with Crippen molar-refractivity contribution in [3.63, 3.8) is 0 Å². The Kier molecular flexibility index (Phi) is 7.31. The first-order valence-electron chi connectivity index (χ1n) is 11.5. The fourth-order valence-corrected chi connectivity index (χ4v) is 7.14. The van der Waals surface area contributed by atoms with Gasteiger partial charge < -0.3 is 10.6 Å². The van der Waals surface area contributed by atoms with E-state index in [1.54, 1.807) is 17.4 Å². The lowest BCUT2D eigenvalue weighted by Gasteiger charge is -2.24. The molecule has 0 amide bonds. The van der Waals surface area contributed by atoms with E-state index in [1.807, 2.05) is 26.0 Å². The largest absolute Gasteiger partial charge is 0.361 e. The number of thiazole rings is 1. The van der Waals surface area contributed by atoms with E-state index in [9.17, 15) is 8.42 Å². The van der Waals surface area contributed by atoms with Gasteiger partial charge in [0.2, 0.25) is 10.0 Å². The van der Waals surface area contributed by atoms with Crippen LogP contribution in [0.5, 0.6) is 0 Å². The van der Waals surface area contributed by atoms with Gasteiger partial charge in [-0.05, 0) is 69.2 Å². The lowest BCUT2D eigenvalue weighted by Crippen LogP contribution is -2.45. The van der Waals surface area contributed by atoms with Crippen LogP contribution in [0, 0.1) is 19.8 Å². The van der Waals surface area contributed by atoms with Gasteiger partial charge in [0.25, 0.3) is 0 Å². The van der Waals surface area contributed by atoms with Gasteiger partial charge in [0.15, 0.2) is 5.13 Å². The summed E-state index contributed by atoms with van der Waals surface area (Å²) in [5.41, 5.74) is 2.61. The van der Waals surface area contributed by atoms with Crippen molar-refractivity contribution in [3.05, 3.63) is 29.5 Å². The van der Waals surface area contributed by atoms with E-state index < -0.39 is 10.0 Å². The summed E-state index contributed by atoms with van der Waals surface area (Å²) in [7, 11) is -3.57. The Balaban J connectivity index is 1.51. The van der Waals surface area contributed by atoms with Gasteiger partial charge in [0.05, 0.1) is 15.5 Å². The topological polar surface area (TPSA) is 83.1 Å². The molecule has 1 aromatic carbocycles. The molecule has 1 aliphatic heterocycles. The summed E-state index contributed by atoms with van der Waals surface area (Å²) in [5.74, 6) is 0.734. The highest BCUT2D eigenvalue weighted by atomic mass is 32.2. The Bertz CT molecular complexity index is 991. The average molecular weight is 463 g/mol. The molecule has 3 N–H and O–H groups in total. The van der Waals surface area contributed by atoms with E-state index in [2.05, 4.69) is 15.4 Å². The molecule has 1 saturated carbocycles. The number of nitrogens with zero attached hydrogens (tertiary/aromatic N) is 1. The molecule has 1 saturated heterocycles. The second-order valence-electron chi connectivity index (χ2n) is 8.96. The fraction of sp³-hybridized carbons (Fsp3) is 0.609. The first kappa shape index (κ1) is 22.7. The molecule has 1 atom stereocenters. The number of hydrogen-bond acceptors (Lipinski definition) is 6. The van der Waals surface area contributed by atoms with Crippen LogP contribution < -0.4 is 15.4 Å². The number of sulfonamides is 1. The summed E-state index contributed by atoms with van der Waals surface area (Å²) in [5, 5.41) is 7.72. The first-order valence-corrected chi connectivity index (χ1v) is 13.8. The molecule has 2 fully saturated rings. The Morgan fingerprint density at radius 3 is 2.68 bits per heavy atom. The predicted octanol–water partition coefficient (Wildman–Crippen LogP) is 4.45. The molecule has 1 aliphatic carbocycles. The number of piperidine rings is 1. The highest BCUT2D eigenvalue weighted by molar-refractivity contribution is 7.89. The van der Waals surface area contributed by atoms with Crippen LogP contribution in [0.4, 0.5) is 5.13 Å². The maximum atomic E-state index is 13.1. The van der Waals surface area contributed by atoms with Crippen LogP contribution >= 0.6 is 11.3 Å². The number of aryl methyl sites for hydroxylation is 2. The van der Waals surface area contributed by atoms with Gasteiger partial charge in [-0.1, -0.05) is 42.7 Å². The van der Waals surface area contributed by atoms with Gasteiger partial charge in [0, 0.05) is 19.1 Å². The number of rotatable bonds is 7. The molecule has 31 heavy (non-hydrogen) atoms. The van der Waals surface area contributed by atoms with Gasteiger partial charge in [-0.25, -0.2) is 18.1 Å². The van der Waals surface area contributed by atoms with Crippen LogP contribution in [0.1, 0.15) is 56.2 Å². The molecule has 2 aromatic rings. The molecular weight excluding hydrogens is 428 g/mol. The van der Waals surface area contributed by atoms with Crippen molar-refractivity contribution >= 4 is 26.5 Å². The van der Waals surface area contributed by atoms with Gasteiger partial charge >= 0.3 is 0 Å². The third kappa shape index (κ3) is 5.66. The van der Waals surface area contributed by atoms with Crippen molar-refractivity contribution in [2.75, 3.05) is 25.0 Å². The predicted molar refractivity (Wildman–Crippen MR) is 128 cm³/mol. The zero-order chi connectivity index (χ0) is 21.8. The molecular formula is C23H34N4O2S2. The summed E-state index contributed by atoms with van der Waals surface area (Å²) in [6.07, 6.45) is 8.49. The number of nitrogens with one attached hydrogen (secondary N) is 3. The number of aromatic nitrogens is 1. The SMILES string of the molecule is Cc1ccc(-c2sc(NCC3CCCCC3)nc2C)cc1S(=O)(=O)NC1CCCNC1. The monoisotopic (exact) mass is 462 g/mol. The van der Waals surface area contributed by atoms with E-state index in [0.717, 1.165) is 58.7 Å². The van der Waals surface area contributed by atoms with Gasteiger partial charge in [-0.15, -0.1) is 0 Å². The highest BCUT2D eigenvalue weighted by Gasteiger charge is 2.24. The summed E-state index contributed by atoms with van der Waals surface area (Å²) in [6.45, 7) is 6.46. The molecule has 2 heterocycles. The van der Waals surface area contributed by atoms with E-state index in [-0.39, 0.29) is 6.04 Å². The average Bonchev–Trinajstić information content (AvgIpc) is 3.14. The van der Waals surface area contributed by atoms with Gasteiger partial charge in [-0.2, -0.15) is 0 Å². The molecule has 0 spiro atoms.